The van der Waals surface area contributed by atoms with Crippen LogP contribution in [0.2, 0.25) is 0 Å². The second-order valence-corrected chi connectivity index (χ2v) is 16.9. The molecule has 1 unspecified atom stereocenters. The number of para-hydroxylation sites is 4. The topological polar surface area (TPSA) is 68.0 Å². The van der Waals surface area contributed by atoms with Crippen LogP contribution in [0.1, 0.15) is 22.9 Å². The molecule has 0 aliphatic carbocycles. The van der Waals surface area contributed by atoms with E-state index in [-0.39, 0.29) is 0 Å². The molecule has 65 heavy (non-hydrogen) atoms. The SMILES string of the molecule is c1ccc(-n2c3ccccc3c3cccc(-c4cccc5oc6cc(C7=NC(c8ccc9c(ccc%10ccccc%109)c8)=NC(c8ccc9c(c8)oc8ccccc89)N7)ccc6c45)c32)cc1. The zero-order valence-corrected chi connectivity index (χ0v) is 34.9. The molecule has 0 saturated heterocycles. The van der Waals surface area contributed by atoms with Crippen molar-refractivity contribution >= 4 is 98.9 Å². The highest BCUT2D eigenvalue weighted by atomic mass is 16.3. The maximum atomic E-state index is 6.78. The molecule has 13 aromatic rings. The van der Waals surface area contributed by atoms with E-state index in [9.17, 15) is 0 Å². The van der Waals surface area contributed by atoms with Crippen molar-refractivity contribution in [2.45, 2.75) is 6.17 Å². The summed E-state index contributed by atoms with van der Waals surface area (Å²) >= 11 is 0. The summed E-state index contributed by atoms with van der Waals surface area (Å²) in [7, 11) is 0. The minimum Gasteiger partial charge on any atom is -0.456 e. The van der Waals surface area contributed by atoms with Crippen LogP contribution in [0.25, 0.3) is 104 Å². The van der Waals surface area contributed by atoms with Crippen molar-refractivity contribution in [2.24, 2.45) is 9.98 Å². The van der Waals surface area contributed by atoms with Gasteiger partial charge in [-0.05, 0) is 81.7 Å². The van der Waals surface area contributed by atoms with Crippen molar-refractivity contribution < 1.29 is 8.83 Å². The second-order valence-electron chi connectivity index (χ2n) is 16.9. The Hall–Kier alpha value is -8.74. The lowest BCUT2D eigenvalue weighted by atomic mass is 9.96. The number of benzene rings is 10. The van der Waals surface area contributed by atoms with Crippen molar-refractivity contribution in [3.8, 4) is 16.8 Å². The van der Waals surface area contributed by atoms with E-state index in [0.717, 1.165) is 82.8 Å². The average Bonchev–Trinajstić information content (AvgIpc) is 4.05. The molecule has 14 rings (SSSR count). The smallest absolute Gasteiger partial charge is 0.159 e. The number of nitrogens with zero attached hydrogens (tertiary/aromatic N) is 3. The van der Waals surface area contributed by atoms with E-state index in [2.05, 4.69) is 198 Å². The van der Waals surface area contributed by atoms with Gasteiger partial charge in [0.15, 0.2) is 5.84 Å². The van der Waals surface area contributed by atoms with Gasteiger partial charge in [-0.25, -0.2) is 9.98 Å². The molecule has 1 atom stereocenters. The fourth-order valence-corrected chi connectivity index (χ4v) is 10.2. The molecule has 0 spiro atoms. The van der Waals surface area contributed by atoms with Gasteiger partial charge in [-0.2, -0.15) is 0 Å². The van der Waals surface area contributed by atoms with E-state index in [4.69, 9.17) is 18.8 Å². The summed E-state index contributed by atoms with van der Waals surface area (Å²) in [5, 5.41) is 15.2. The molecule has 4 heterocycles. The average molecular weight is 833 g/mol. The monoisotopic (exact) mass is 832 g/mol. The van der Waals surface area contributed by atoms with Crippen molar-refractivity contribution in [2.75, 3.05) is 0 Å². The number of aliphatic imine (C=N–C) groups is 2. The highest BCUT2D eigenvalue weighted by molar-refractivity contribution is 6.21. The Bertz CT molecular complexity index is 4170. The quantitative estimate of drug-likeness (QED) is 0.176. The number of furan rings is 2. The minimum absolute atomic E-state index is 0.433. The molecule has 6 heteroatoms. The van der Waals surface area contributed by atoms with Gasteiger partial charge in [0, 0.05) is 60.3 Å². The molecule has 304 valence electrons. The van der Waals surface area contributed by atoms with Crippen LogP contribution >= 0.6 is 0 Å². The Morgan fingerprint density at radius 1 is 0.431 bits per heavy atom. The lowest BCUT2D eigenvalue weighted by molar-refractivity contribution is 0.654. The molecule has 1 aliphatic rings. The molecule has 10 aromatic carbocycles. The Balaban J connectivity index is 0.921. The first-order valence-corrected chi connectivity index (χ1v) is 22.0. The predicted molar refractivity (Wildman–Crippen MR) is 268 cm³/mol. The van der Waals surface area contributed by atoms with E-state index >= 15 is 0 Å². The Labute approximate surface area is 372 Å². The maximum Gasteiger partial charge on any atom is 0.159 e. The van der Waals surface area contributed by atoms with Crippen molar-refractivity contribution in [1.29, 1.82) is 0 Å². The molecule has 1 aliphatic heterocycles. The zero-order chi connectivity index (χ0) is 42.6. The van der Waals surface area contributed by atoms with Gasteiger partial charge < -0.3 is 18.7 Å². The van der Waals surface area contributed by atoms with Crippen molar-refractivity contribution in [3.05, 3.63) is 223 Å². The Morgan fingerprint density at radius 2 is 1.09 bits per heavy atom. The summed E-state index contributed by atoms with van der Waals surface area (Å²) in [6, 6.07) is 72.8. The molecule has 0 fully saturated rings. The van der Waals surface area contributed by atoms with Gasteiger partial charge in [0.1, 0.15) is 34.3 Å². The van der Waals surface area contributed by atoms with Gasteiger partial charge in [-0.15, -0.1) is 0 Å². The molecule has 0 bridgehead atoms. The lowest BCUT2D eigenvalue weighted by Gasteiger charge is -2.24. The van der Waals surface area contributed by atoms with Crippen molar-refractivity contribution in [3.63, 3.8) is 0 Å². The minimum atomic E-state index is -0.433. The molecular formula is C59H36N4O2. The first-order valence-electron chi connectivity index (χ1n) is 22.0. The van der Waals surface area contributed by atoms with Crippen LogP contribution in [0, 0.1) is 0 Å². The van der Waals surface area contributed by atoms with Gasteiger partial charge in [-0.1, -0.05) is 152 Å². The van der Waals surface area contributed by atoms with Crippen LogP contribution in [-0.4, -0.2) is 16.2 Å². The molecule has 0 amide bonds. The maximum absolute atomic E-state index is 6.78. The predicted octanol–water partition coefficient (Wildman–Crippen LogP) is 15.1. The number of hydrogen-bond acceptors (Lipinski definition) is 5. The van der Waals surface area contributed by atoms with E-state index in [1.54, 1.807) is 0 Å². The first-order chi connectivity index (χ1) is 32.2. The largest absolute Gasteiger partial charge is 0.456 e. The highest BCUT2D eigenvalue weighted by Gasteiger charge is 2.25. The van der Waals surface area contributed by atoms with Gasteiger partial charge >= 0.3 is 0 Å². The van der Waals surface area contributed by atoms with E-state index < -0.39 is 6.17 Å². The van der Waals surface area contributed by atoms with Crippen LogP contribution < -0.4 is 5.32 Å². The fraction of sp³-hybridized carbons (Fsp3) is 0.0169. The summed E-state index contributed by atoms with van der Waals surface area (Å²) in [6.07, 6.45) is -0.433. The Morgan fingerprint density at radius 3 is 2.03 bits per heavy atom. The highest BCUT2D eigenvalue weighted by Crippen LogP contribution is 2.43. The first kappa shape index (κ1) is 35.8. The number of aromatic nitrogens is 1. The van der Waals surface area contributed by atoms with Gasteiger partial charge in [0.05, 0.1) is 11.0 Å². The fourth-order valence-electron chi connectivity index (χ4n) is 10.2. The zero-order valence-electron chi connectivity index (χ0n) is 34.9. The van der Waals surface area contributed by atoms with E-state index in [1.165, 1.54) is 38.0 Å². The third-order valence-corrected chi connectivity index (χ3v) is 13.2. The van der Waals surface area contributed by atoms with Crippen LogP contribution in [0.3, 0.4) is 0 Å². The van der Waals surface area contributed by atoms with Crippen LogP contribution in [0.5, 0.6) is 0 Å². The summed E-state index contributed by atoms with van der Waals surface area (Å²) < 4.78 is 15.5. The Kier molecular flexibility index (Phi) is 7.65. The molecule has 3 aromatic heterocycles. The molecule has 6 nitrogen and oxygen atoms in total. The number of nitrogens with one attached hydrogen (secondary N) is 1. The van der Waals surface area contributed by atoms with Crippen LogP contribution in [0.15, 0.2) is 225 Å². The van der Waals surface area contributed by atoms with Crippen LogP contribution in [0.4, 0.5) is 0 Å². The molecular weight excluding hydrogens is 797 g/mol. The molecule has 1 N–H and O–H groups in total. The normalized spacial score (nSPS) is 14.3. The van der Waals surface area contributed by atoms with Gasteiger partial charge in [0.2, 0.25) is 0 Å². The number of amidine groups is 2. The summed E-state index contributed by atoms with van der Waals surface area (Å²) in [4.78, 5) is 10.6. The summed E-state index contributed by atoms with van der Waals surface area (Å²) in [5.41, 5.74) is 11.8. The number of rotatable bonds is 5. The third kappa shape index (κ3) is 5.54. The van der Waals surface area contributed by atoms with Gasteiger partial charge in [-0.3, -0.25) is 0 Å². The molecule has 0 radical (unpaired) electrons. The van der Waals surface area contributed by atoms with E-state index in [1.807, 2.05) is 18.2 Å². The van der Waals surface area contributed by atoms with E-state index in [0.29, 0.717) is 11.7 Å². The van der Waals surface area contributed by atoms with Crippen molar-refractivity contribution in [1.82, 2.24) is 9.88 Å². The van der Waals surface area contributed by atoms with Gasteiger partial charge in [0.25, 0.3) is 0 Å². The summed E-state index contributed by atoms with van der Waals surface area (Å²) in [5.74, 6) is 1.36. The standard InChI is InChI=1S/C59H36N4O2/c1-2-13-40(14-3-1)63-50-21-8-6-16-43(50)47-19-10-20-48(56(47)63)46-18-11-23-52-55(46)49-31-28-39(34-54(49)65-52)59-61-57(37-26-29-42-36(32-37)25-24-35-12-4-5-15-41(35)42)60-58(62-59)38-27-30-45-44-17-7-9-22-51(44)64-53(45)33-38/h1-34,58H,(H,60,61,62). The lowest BCUT2D eigenvalue weighted by Crippen LogP contribution is -2.33. The number of hydrogen-bond donors (Lipinski definition) is 1. The molecule has 0 saturated carbocycles. The third-order valence-electron chi connectivity index (χ3n) is 13.2. The number of fused-ring (bicyclic) bond motifs is 12. The second kappa shape index (κ2) is 13.9. The summed E-state index contributed by atoms with van der Waals surface area (Å²) in [6.45, 7) is 0. The van der Waals surface area contributed by atoms with Crippen LogP contribution in [-0.2, 0) is 0 Å².